The Bertz CT molecular complexity index is 925. The van der Waals surface area contributed by atoms with Crippen LogP contribution in [-0.2, 0) is 11.5 Å². The van der Waals surface area contributed by atoms with Gasteiger partial charge in [-0.3, -0.25) is 4.79 Å². The van der Waals surface area contributed by atoms with Crippen molar-refractivity contribution in [1.29, 1.82) is 0 Å². The van der Waals surface area contributed by atoms with E-state index in [-0.39, 0.29) is 5.78 Å². The van der Waals surface area contributed by atoms with Gasteiger partial charge in [-0.15, -0.1) is 0 Å². The Morgan fingerprint density at radius 2 is 1.96 bits per heavy atom. The van der Waals surface area contributed by atoms with Gasteiger partial charge >= 0.3 is 0 Å². The summed E-state index contributed by atoms with van der Waals surface area (Å²) in [7, 11) is -1.08. The van der Waals surface area contributed by atoms with Crippen molar-refractivity contribution >= 4 is 24.8 Å². The van der Waals surface area contributed by atoms with Crippen molar-refractivity contribution in [2.45, 2.75) is 39.3 Å². The number of aryl methyl sites for hydroxylation is 1. The molecule has 26 heavy (non-hydrogen) atoms. The number of aromatic nitrogens is 2. The zero-order chi connectivity index (χ0) is 18.7. The van der Waals surface area contributed by atoms with Gasteiger partial charge in [-0.1, -0.05) is 37.8 Å². The first-order valence-electron chi connectivity index (χ1n) is 8.98. The molecule has 0 unspecified atom stereocenters. The van der Waals surface area contributed by atoms with Crippen molar-refractivity contribution in [3.05, 3.63) is 65.6 Å². The lowest BCUT2D eigenvalue weighted by atomic mass is 10.1. The maximum atomic E-state index is 12.7. The second-order valence-electron chi connectivity index (χ2n) is 7.90. The van der Waals surface area contributed by atoms with Crippen LogP contribution in [0.1, 0.15) is 21.7 Å². The van der Waals surface area contributed by atoms with Gasteiger partial charge in [0, 0.05) is 32.1 Å². The average molecular weight is 367 g/mol. The fraction of sp³-hybridized carbons (Fsp3) is 0.333. The summed E-state index contributed by atoms with van der Waals surface area (Å²) in [6.45, 7) is 10.2. The number of fused-ring (bicyclic) bond motifs is 1. The zero-order valence-electron chi connectivity index (χ0n) is 16.0. The van der Waals surface area contributed by atoms with E-state index in [9.17, 15) is 4.79 Å². The van der Waals surface area contributed by atoms with E-state index in [2.05, 4.69) is 35.3 Å². The van der Waals surface area contributed by atoms with E-state index in [0.717, 1.165) is 29.2 Å². The van der Waals surface area contributed by atoms with Crippen LogP contribution in [0.4, 0.5) is 0 Å². The van der Waals surface area contributed by atoms with Crippen molar-refractivity contribution in [3.8, 4) is 0 Å². The number of benzene rings is 1. The third-order valence-corrected chi connectivity index (χ3v) is 6.09. The number of rotatable bonds is 7. The summed E-state index contributed by atoms with van der Waals surface area (Å²) in [4.78, 5) is 17.1. The van der Waals surface area contributed by atoms with E-state index in [1.165, 1.54) is 0 Å². The van der Waals surface area contributed by atoms with E-state index in [4.69, 9.17) is 4.74 Å². The number of nitrogens with zero attached hydrogens (tertiary/aromatic N) is 2. The first-order valence-corrected chi connectivity index (χ1v) is 12.7. The standard InChI is InChI=1S/C21H26N2O2Si/c1-16-6-5-7-19(22-16)21(24)18-9-8-17-10-11-23(20(17)14-18)15-25-12-13-26(2,3)4/h5-11,14H,12-13,15H2,1-4H3. The van der Waals surface area contributed by atoms with Crippen molar-refractivity contribution < 1.29 is 9.53 Å². The summed E-state index contributed by atoms with van der Waals surface area (Å²) in [5.74, 6) is -0.0528. The molecule has 0 saturated carbocycles. The molecule has 3 aromatic rings. The van der Waals surface area contributed by atoms with Crippen molar-refractivity contribution in [2.75, 3.05) is 6.61 Å². The largest absolute Gasteiger partial charge is 0.361 e. The molecule has 0 fully saturated rings. The monoisotopic (exact) mass is 366 g/mol. The van der Waals surface area contributed by atoms with Gasteiger partial charge in [0.15, 0.2) is 0 Å². The molecule has 5 heteroatoms. The number of ketones is 1. The van der Waals surface area contributed by atoms with E-state index in [1.54, 1.807) is 6.07 Å². The SMILES string of the molecule is Cc1cccc(C(=O)c2ccc3ccn(COCC[Si](C)(C)C)c3c2)n1. The van der Waals surface area contributed by atoms with Crippen molar-refractivity contribution in [1.82, 2.24) is 9.55 Å². The van der Waals surface area contributed by atoms with Gasteiger partial charge < -0.3 is 9.30 Å². The molecule has 2 heterocycles. The van der Waals surface area contributed by atoms with Gasteiger partial charge in [0.2, 0.25) is 5.78 Å². The van der Waals surface area contributed by atoms with E-state index in [0.29, 0.717) is 18.0 Å². The van der Waals surface area contributed by atoms with Gasteiger partial charge in [0.25, 0.3) is 0 Å². The zero-order valence-corrected chi connectivity index (χ0v) is 17.0. The molecule has 3 rings (SSSR count). The first-order chi connectivity index (χ1) is 12.3. The van der Waals surface area contributed by atoms with Gasteiger partial charge in [0.05, 0.1) is 5.52 Å². The average Bonchev–Trinajstić information content (AvgIpc) is 2.99. The second kappa shape index (κ2) is 7.56. The van der Waals surface area contributed by atoms with E-state index >= 15 is 0 Å². The highest BCUT2D eigenvalue weighted by molar-refractivity contribution is 6.76. The van der Waals surface area contributed by atoms with E-state index < -0.39 is 8.07 Å². The fourth-order valence-corrected chi connectivity index (χ4v) is 3.55. The number of carbonyl (C=O) groups is 1. The molecule has 4 nitrogen and oxygen atoms in total. The summed E-state index contributed by atoms with van der Waals surface area (Å²) in [5.41, 5.74) is 2.99. The predicted octanol–water partition coefficient (Wildman–Crippen LogP) is 4.89. The lowest BCUT2D eigenvalue weighted by Crippen LogP contribution is -2.21. The smallest absolute Gasteiger partial charge is 0.211 e. The highest BCUT2D eigenvalue weighted by Gasteiger charge is 2.14. The molecule has 0 aliphatic rings. The van der Waals surface area contributed by atoms with E-state index in [1.807, 2.05) is 43.5 Å². The third kappa shape index (κ3) is 4.48. The highest BCUT2D eigenvalue weighted by Crippen LogP contribution is 2.20. The molecule has 0 N–H and O–H groups in total. The maximum absolute atomic E-state index is 12.7. The third-order valence-electron chi connectivity index (χ3n) is 4.38. The molecule has 136 valence electrons. The number of pyridine rings is 1. The fourth-order valence-electron chi connectivity index (χ4n) is 2.80. The molecule has 0 atom stereocenters. The molecule has 2 aromatic heterocycles. The summed E-state index contributed by atoms with van der Waals surface area (Å²) in [6, 6.07) is 14.5. The van der Waals surface area contributed by atoms with Crippen LogP contribution in [0.3, 0.4) is 0 Å². The highest BCUT2D eigenvalue weighted by atomic mass is 28.3. The molecular formula is C21H26N2O2Si. The predicted molar refractivity (Wildman–Crippen MR) is 108 cm³/mol. The maximum Gasteiger partial charge on any atom is 0.211 e. The topological polar surface area (TPSA) is 44.1 Å². The van der Waals surface area contributed by atoms with Crippen LogP contribution in [0.15, 0.2) is 48.7 Å². The summed E-state index contributed by atoms with van der Waals surface area (Å²) in [6.07, 6.45) is 2.01. The number of ether oxygens (including phenoxy) is 1. The Morgan fingerprint density at radius 3 is 2.69 bits per heavy atom. The van der Waals surface area contributed by atoms with Crippen molar-refractivity contribution in [2.24, 2.45) is 0 Å². The van der Waals surface area contributed by atoms with Crippen LogP contribution in [0, 0.1) is 6.92 Å². The molecule has 0 radical (unpaired) electrons. The molecule has 0 spiro atoms. The summed E-state index contributed by atoms with van der Waals surface area (Å²) < 4.78 is 7.92. The minimum Gasteiger partial charge on any atom is -0.361 e. The molecule has 0 bridgehead atoms. The lowest BCUT2D eigenvalue weighted by Gasteiger charge is -2.15. The minimum atomic E-state index is -1.08. The normalized spacial score (nSPS) is 11.8. The lowest BCUT2D eigenvalue weighted by molar-refractivity contribution is 0.0902. The summed E-state index contributed by atoms with van der Waals surface area (Å²) >= 11 is 0. The van der Waals surface area contributed by atoms with Crippen LogP contribution in [0.25, 0.3) is 10.9 Å². The quantitative estimate of drug-likeness (QED) is 0.340. The van der Waals surface area contributed by atoms with Gasteiger partial charge in [-0.25, -0.2) is 4.98 Å². The van der Waals surface area contributed by atoms with Crippen LogP contribution in [0.2, 0.25) is 25.7 Å². The molecule has 1 aromatic carbocycles. The summed E-state index contributed by atoms with van der Waals surface area (Å²) in [5, 5.41) is 1.10. The van der Waals surface area contributed by atoms with Crippen molar-refractivity contribution in [3.63, 3.8) is 0 Å². The van der Waals surface area contributed by atoms with Gasteiger partial charge in [-0.2, -0.15) is 0 Å². The van der Waals surface area contributed by atoms with Crippen LogP contribution >= 0.6 is 0 Å². The Hall–Kier alpha value is -2.24. The molecular weight excluding hydrogens is 340 g/mol. The molecule has 0 aliphatic heterocycles. The van der Waals surface area contributed by atoms with Crippen LogP contribution in [-0.4, -0.2) is 30.0 Å². The Kier molecular flexibility index (Phi) is 5.39. The first kappa shape index (κ1) is 18.5. The second-order valence-corrected chi connectivity index (χ2v) is 13.5. The Balaban J connectivity index is 1.78. The Morgan fingerprint density at radius 1 is 1.15 bits per heavy atom. The van der Waals surface area contributed by atoms with Gasteiger partial charge in [-0.05, 0) is 42.6 Å². The molecule has 0 amide bonds. The van der Waals surface area contributed by atoms with Gasteiger partial charge in [0.1, 0.15) is 12.4 Å². The number of hydrogen-bond donors (Lipinski definition) is 0. The minimum absolute atomic E-state index is 0.0528. The number of hydrogen-bond acceptors (Lipinski definition) is 3. The molecule has 0 aliphatic carbocycles. The van der Waals surface area contributed by atoms with Crippen LogP contribution < -0.4 is 0 Å². The molecule has 0 saturated heterocycles. The number of carbonyl (C=O) groups excluding carboxylic acids is 1. The Labute approximate surface area is 155 Å². The van der Waals surface area contributed by atoms with Crippen LogP contribution in [0.5, 0.6) is 0 Å².